The normalized spacial score (nSPS) is 14.4. The molecule has 0 saturated heterocycles. The summed E-state index contributed by atoms with van der Waals surface area (Å²) in [7, 11) is 2.69. The smallest absolute Gasteiger partial charge is 0.395 e. The lowest BCUT2D eigenvalue weighted by atomic mass is 10.2. The molecule has 0 N–H and O–H groups in total. The zero-order chi connectivity index (χ0) is 18.2. The second-order valence-corrected chi connectivity index (χ2v) is 5.29. The van der Waals surface area contributed by atoms with Crippen LogP contribution in [0.3, 0.4) is 0 Å². The number of hydrogen-bond acceptors (Lipinski definition) is 5. The number of carbonyl (C=O) groups is 1. The SMILES string of the molecule is CON(C)C(=O)c1cccn(Cc2ccc3c(c2)OC(F)(F)O3)c1=O. The number of hydrogen-bond donors (Lipinski definition) is 0. The summed E-state index contributed by atoms with van der Waals surface area (Å²) in [5.74, 6) is -0.777. The Labute approximate surface area is 140 Å². The van der Waals surface area contributed by atoms with Gasteiger partial charge in [-0.3, -0.25) is 14.4 Å². The van der Waals surface area contributed by atoms with Crippen molar-refractivity contribution >= 4 is 5.91 Å². The topological polar surface area (TPSA) is 70.0 Å². The molecule has 0 fully saturated rings. The maximum absolute atomic E-state index is 13.1. The maximum atomic E-state index is 13.1. The minimum Gasteiger partial charge on any atom is -0.395 e. The Morgan fingerprint density at radius 3 is 2.72 bits per heavy atom. The summed E-state index contributed by atoms with van der Waals surface area (Å²) in [4.78, 5) is 29.3. The lowest BCUT2D eigenvalue weighted by molar-refractivity contribution is -0.286. The number of halogens is 2. The van der Waals surface area contributed by atoms with Crippen LogP contribution in [0.4, 0.5) is 8.78 Å². The van der Waals surface area contributed by atoms with Crippen LogP contribution in [0.5, 0.6) is 11.5 Å². The van der Waals surface area contributed by atoms with Crippen molar-refractivity contribution in [1.82, 2.24) is 9.63 Å². The van der Waals surface area contributed by atoms with Crippen LogP contribution in [0.2, 0.25) is 0 Å². The molecule has 7 nitrogen and oxygen atoms in total. The Morgan fingerprint density at radius 1 is 1.28 bits per heavy atom. The van der Waals surface area contributed by atoms with Gasteiger partial charge in [0, 0.05) is 13.2 Å². The van der Waals surface area contributed by atoms with Crippen LogP contribution in [-0.4, -0.2) is 36.0 Å². The Balaban J connectivity index is 1.88. The molecule has 0 aliphatic carbocycles. The van der Waals surface area contributed by atoms with Crippen LogP contribution in [0.15, 0.2) is 41.3 Å². The highest BCUT2D eigenvalue weighted by molar-refractivity contribution is 5.92. The van der Waals surface area contributed by atoms with E-state index in [9.17, 15) is 18.4 Å². The number of alkyl halides is 2. The fourth-order valence-electron chi connectivity index (χ4n) is 2.37. The summed E-state index contributed by atoms with van der Waals surface area (Å²) < 4.78 is 36.1. The molecule has 0 spiro atoms. The van der Waals surface area contributed by atoms with Crippen LogP contribution in [0.1, 0.15) is 15.9 Å². The zero-order valence-electron chi connectivity index (χ0n) is 13.4. The molecule has 0 radical (unpaired) electrons. The van der Waals surface area contributed by atoms with E-state index in [1.54, 1.807) is 6.07 Å². The Bertz CT molecular complexity index is 881. The molecule has 25 heavy (non-hydrogen) atoms. The highest BCUT2D eigenvalue weighted by Gasteiger charge is 2.43. The van der Waals surface area contributed by atoms with Gasteiger partial charge in [-0.25, -0.2) is 5.06 Å². The number of ether oxygens (including phenoxy) is 2. The average molecular weight is 352 g/mol. The number of hydroxylamine groups is 2. The predicted molar refractivity (Wildman–Crippen MR) is 81.6 cm³/mol. The van der Waals surface area contributed by atoms with Crippen molar-refractivity contribution in [3.63, 3.8) is 0 Å². The highest BCUT2D eigenvalue weighted by Crippen LogP contribution is 2.41. The van der Waals surface area contributed by atoms with Crippen molar-refractivity contribution in [1.29, 1.82) is 0 Å². The fraction of sp³-hybridized carbons (Fsp3) is 0.250. The first-order chi connectivity index (χ1) is 11.8. The highest BCUT2D eigenvalue weighted by atomic mass is 19.3. The molecule has 132 valence electrons. The van der Waals surface area contributed by atoms with E-state index in [4.69, 9.17) is 4.84 Å². The number of nitrogens with zero attached hydrogens (tertiary/aromatic N) is 2. The van der Waals surface area contributed by atoms with Crippen LogP contribution in [-0.2, 0) is 11.4 Å². The van der Waals surface area contributed by atoms with Gasteiger partial charge in [0.25, 0.3) is 11.5 Å². The summed E-state index contributed by atoms with van der Waals surface area (Å²) in [6.07, 6.45) is -2.21. The summed E-state index contributed by atoms with van der Waals surface area (Å²) in [5.41, 5.74) is -0.0645. The van der Waals surface area contributed by atoms with Gasteiger partial charge in [0.05, 0.1) is 13.7 Å². The van der Waals surface area contributed by atoms with Crippen LogP contribution in [0.25, 0.3) is 0 Å². The molecular formula is C16H14F2N2O5. The third-order valence-corrected chi connectivity index (χ3v) is 3.63. The second-order valence-electron chi connectivity index (χ2n) is 5.29. The van der Waals surface area contributed by atoms with Crippen molar-refractivity contribution in [2.75, 3.05) is 14.2 Å². The van der Waals surface area contributed by atoms with Gasteiger partial charge in [-0.15, -0.1) is 8.78 Å². The predicted octanol–water partition coefficient (Wildman–Crippen LogP) is 1.85. The molecule has 3 rings (SSSR count). The Kier molecular flexibility index (Phi) is 4.17. The molecule has 0 saturated carbocycles. The summed E-state index contributed by atoms with van der Waals surface area (Å²) in [6.45, 7) is 0.0683. The van der Waals surface area contributed by atoms with Gasteiger partial charge in [0.2, 0.25) is 0 Å². The number of amides is 1. The van der Waals surface area contributed by atoms with Gasteiger partial charge in [-0.05, 0) is 29.8 Å². The Hall–Kier alpha value is -2.94. The van der Waals surface area contributed by atoms with Crippen molar-refractivity contribution < 1.29 is 27.9 Å². The first-order valence-electron chi connectivity index (χ1n) is 7.21. The number of carbonyl (C=O) groups excluding carboxylic acids is 1. The standard InChI is InChI=1S/C16H14F2N2O5/c1-19(23-2)14(21)11-4-3-7-20(15(11)22)9-10-5-6-12-13(8-10)25-16(17,18)24-12/h3-8H,9H2,1-2H3. The summed E-state index contributed by atoms with van der Waals surface area (Å²) in [5, 5.41) is 0.934. The molecule has 2 heterocycles. The van der Waals surface area contributed by atoms with E-state index < -0.39 is 17.8 Å². The third kappa shape index (κ3) is 3.31. The number of benzene rings is 1. The van der Waals surface area contributed by atoms with Crippen LogP contribution < -0.4 is 15.0 Å². The van der Waals surface area contributed by atoms with E-state index >= 15 is 0 Å². The van der Waals surface area contributed by atoms with Crippen molar-refractivity contribution in [2.24, 2.45) is 0 Å². The van der Waals surface area contributed by atoms with Crippen molar-refractivity contribution in [3.8, 4) is 11.5 Å². The number of pyridine rings is 1. The first-order valence-corrected chi connectivity index (χ1v) is 7.21. The van der Waals surface area contributed by atoms with Gasteiger partial charge in [-0.2, -0.15) is 0 Å². The quantitative estimate of drug-likeness (QED) is 0.786. The van der Waals surface area contributed by atoms with Crippen LogP contribution >= 0.6 is 0 Å². The van der Waals surface area contributed by atoms with Crippen molar-refractivity contribution in [3.05, 3.63) is 58.0 Å². The molecule has 0 unspecified atom stereocenters. The van der Waals surface area contributed by atoms with E-state index in [1.807, 2.05) is 0 Å². The Morgan fingerprint density at radius 2 is 2.00 bits per heavy atom. The molecule has 1 aromatic carbocycles. The number of rotatable bonds is 4. The lowest BCUT2D eigenvalue weighted by Gasteiger charge is -2.14. The third-order valence-electron chi connectivity index (χ3n) is 3.63. The number of aromatic nitrogens is 1. The van der Waals surface area contributed by atoms with Gasteiger partial charge in [0.1, 0.15) is 5.56 Å². The minimum atomic E-state index is -3.70. The molecule has 1 aromatic heterocycles. The van der Waals surface area contributed by atoms with Crippen molar-refractivity contribution in [2.45, 2.75) is 12.8 Å². The van der Waals surface area contributed by atoms with Gasteiger partial charge in [0.15, 0.2) is 11.5 Å². The fourth-order valence-corrected chi connectivity index (χ4v) is 2.37. The van der Waals surface area contributed by atoms with E-state index in [-0.39, 0.29) is 23.6 Å². The van der Waals surface area contributed by atoms with E-state index in [2.05, 4.69) is 9.47 Å². The molecule has 1 aliphatic rings. The van der Waals surface area contributed by atoms with E-state index in [1.165, 1.54) is 49.2 Å². The molecule has 2 aromatic rings. The lowest BCUT2D eigenvalue weighted by Crippen LogP contribution is -2.33. The van der Waals surface area contributed by atoms with Gasteiger partial charge < -0.3 is 14.0 Å². The minimum absolute atomic E-state index is 0.0683. The summed E-state index contributed by atoms with van der Waals surface area (Å²) in [6, 6.07) is 7.16. The summed E-state index contributed by atoms with van der Waals surface area (Å²) >= 11 is 0. The largest absolute Gasteiger partial charge is 0.586 e. The maximum Gasteiger partial charge on any atom is 0.586 e. The molecule has 1 aliphatic heterocycles. The molecular weight excluding hydrogens is 338 g/mol. The molecule has 0 bridgehead atoms. The first kappa shape index (κ1) is 16.9. The number of fused-ring (bicyclic) bond motifs is 1. The average Bonchev–Trinajstić information content (AvgIpc) is 2.88. The molecule has 1 amide bonds. The monoisotopic (exact) mass is 352 g/mol. The van der Waals surface area contributed by atoms with Crippen LogP contribution in [0, 0.1) is 0 Å². The van der Waals surface area contributed by atoms with E-state index in [0.29, 0.717) is 5.56 Å². The second kappa shape index (κ2) is 6.17. The molecule has 9 heteroatoms. The van der Waals surface area contributed by atoms with Gasteiger partial charge in [-0.1, -0.05) is 6.07 Å². The molecule has 0 atom stereocenters. The van der Waals surface area contributed by atoms with E-state index in [0.717, 1.165) is 5.06 Å². The van der Waals surface area contributed by atoms with Gasteiger partial charge >= 0.3 is 6.29 Å². The zero-order valence-corrected chi connectivity index (χ0v) is 13.4.